The van der Waals surface area contributed by atoms with E-state index in [0.29, 0.717) is 62.0 Å². The van der Waals surface area contributed by atoms with Gasteiger partial charge in [-0.05, 0) is 58.1 Å². The lowest BCUT2D eigenvalue weighted by Gasteiger charge is -2.43. The van der Waals surface area contributed by atoms with Crippen molar-refractivity contribution in [2.24, 2.45) is 0 Å². The van der Waals surface area contributed by atoms with Gasteiger partial charge in [0.05, 0.1) is 11.3 Å². The van der Waals surface area contributed by atoms with E-state index < -0.39 is 31.9 Å². The van der Waals surface area contributed by atoms with Crippen molar-refractivity contribution in [2.45, 2.75) is 57.3 Å². The lowest BCUT2D eigenvalue weighted by atomic mass is 10.0. The number of aromatic nitrogens is 3. The van der Waals surface area contributed by atoms with Crippen molar-refractivity contribution in [3.8, 4) is 11.3 Å². The third kappa shape index (κ3) is 8.92. The molecule has 3 heterocycles. The van der Waals surface area contributed by atoms with Gasteiger partial charge < -0.3 is 20.8 Å². The number of piperazine rings is 1. The van der Waals surface area contributed by atoms with Crippen LogP contribution in [0.25, 0.3) is 16.8 Å². The molecular formula is C46H50F4N8O2Si. The molecule has 0 unspecified atom stereocenters. The average Bonchev–Trinajstić information content (AvgIpc) is 4.00. The molecule has 1 aliphatic carbocycles. The minimum Gasteiger partial charge on any atom is -0.406 e. The Morgan fingerprint density at radius 2 is 1.52 bits per heavy atom. The van der Waals surface area contributed by atoms with Gasteiger partial charge in [0.15, 0.2) is 0 Å². The molecule has 8 rings (SSSR count). The van der Waals surface area contributed by atoms with Crippen LogP contribution < -0.4 is 26.7 Å². The third-order valence-electron chi connectivity index (χ3n) is 11.7. The van der Waals surface area contributed by atoms with E-state index in [9.17, 15) is 18.0 Å². The number of nitrogens with zero attached hydrogens (tertiary/aromatic N) is 5. The van der Waals surface area contributed by atoms with Crippen molar-refractivity contribution in [3.63, 3.8) is 0 Å². The summed E-state index contributed by atoms with van der Waals surface area (Å²) in [7, 11) is -2.68. The van der Waals surface area contributed by atoms with Crippen molar-refractivity contribution >= 4 is 47.4 Å². The number of carbonyl (C=O) groups is 1. The Hall–Kier alpha value is -5.61. The highest BCUT2D eigenvalue weighted by molar-refractivity contribution is 6.99. The molecular weight excluding hydrogens is 801 g/mol. The number of benzene rings is 4. The molecule has 0 bridgehead atoms. The van der Waals surface area contributed by atoms with Gasteiger partial charge in [-0.2, -0.15) is 13.2 Å². The van der Waals surface area contributed by atoms with Gasteiger partial charge in [-0.15, -0.1) is 0 Å². The summed E-state index contributed by atoms with van der Waals surface area (Å²) in [5.41, 5.74) is 6.72. The number of nitrogens with one attached hydrogen (secondary N) is 2. The van der Waals surface area contributed by atoms with Gasteiger partial charge in [-0.3, -0.25) is 14.2 Å². The van der Waals surface area contributed by atoms with Gasteiger partial charge in [0.1, 0.15) is 28.7 Å². The minimum absolute atomic E-state index is 0.0728. The van der Waals surface area contributed by atoms with Crippen LogP contribution in [0.3, 0.4) is 0 Å². The number of halogens is 4. The van der Waals surface area contributed by atoms with E-state index >= 15 is 4.39 Å². The van der Waals surface area contributed by atoms with Gasteiger partial charge in [0.25, 0.3) is 8.32 Å². The normalized spacial score (nSPS) is 15.6. The van der Waals surface area contributed by atoms with E-state index in [1.165, 1.54) is 34.6 Å². The number of hydrogen-bond acceptors (Lipinski definition) is 7. The van der Waals surface area contributed by atoms with Gasteiger partial charge in [-0.1, -0.05) is 93.6 Å². The summed E-state index contributed by atoms with van der Waals surface area (Å²) in [5, 5.41) is 7.15. The smallest absolute Gasteiger partial charge is 0.406 e. The predicted molar refractivity (Wildman–Crippen MR) is 234 cm³/mol. The maximum Gasteiger partial charge on any atom is 0.416 e. The molecule has 2 fully saturated rings. The van der Waals surface area contributed by atoms with Crippen molar-refractivity contribution in [3.05, 3.63) is 132 Å². The standard InChI is InChI=1S/C46H50F4N8O2Si/c1-45(2,3)61(35-10-6-4-7-11-35,36-12-8-5-9-13-36)60-27-26-56-22-24-57(25-23-56)30-33-16-18-34(29-37(33)46(48,49)50)53-44(59)54-39-19-17-32(28-38(39)47)40-41-42(51)52-20-21-58(41)43(55-40)31-14-15-31/h4-13,16-21,28-29,31H,14-15,22-27,30H2,1-3H3,(H2,51,52)(H2,53,54,59). The van der Waals surface area contributed by atoms with Crippen LogP contribution in [0.5, 0.6) is 0 Å². The number of urea groups is 1. The summed E-state index contributed by atoms with van der Waals surface area (Å²) in [6, 6.07) is 28.0. The Morgan fingerprint density at radius 3 is 2.13 bits per heavy atom. The zero-order chi connectivity index (χ0) is 42.9. The molecule has 1 aliphatic heterocycles. The third-order valence-corrected chi connectivity index (χ3v) is 16.8. The van der Waals surface area contributed by atoms with Crippen molar-refractivity contribution < 1.29 is 26.8 Å². The quantitative estimate of drug-likeness (QED) is 0.0839. The van der Waals surface area contributed by atoms with Crippen molar-refractivity contribution in [1.82, 2.24) is 24.2 Å². The average molecular weight is 851 g/mol. The molecule has 0 spiro atoms. The van der Waals surface area contributed by atoms with Crippen molar-refractivity contribution in [1.29, 1.82) is 0 Å². The van der Waals surface area contributed by atoms with E-state index in [-0.39, 0.29) is 34.3 Å². The summed E-state index contributed by atoms with van der Waals surface area (Å²) < 4.78 is 67.8. The maximum atomic E-state index is 15.4. The topological polar surface area (TPSA) is 113 Å². The second-order valence-corrected chi connectivity index (χ2v) is 21.2. The maximum absolute atomic E-state index is 15.4. The first-order chi connectivity index (χ1) is 29.2. The van der Waals surface area contributed by atoms with Crippen LogP contribution in [0.2, 0.25) is 5.04 Å². The molecule has 1 saturated heterocycles. The van der Waals surface area contributed by atoms with E-state index in [4.69, 9.17) is 15.1 Å². The number of fused-ring (bicyclic) bond motifs is 1. The van der Waals surface area contributed by atoms with Crippen LogP contribution in [-0.2, 0) is 17.1 Å². The highest BCUT2D eigenvalue weighted by Crippen LogP contribution is 2.42. The van der Waals surface area contributed by atoms with Gasteiger partial charge in [-0.25, -0.2) is 19.2 Å². The predicted octanol–water partition coefficient (Wildman–Crippen LogP) is 8.35. The fourth-order valence-electron chi connectivity index (χ4n) is 8.52. The molecule has 61 heavy (non-hydrogen) atoms. The molecule has 1 saturated carbocycles. The lowest BCUT2D eigenvalue weighted by Crippen LogP contribution is -2.67. The largest absolute Gasteiger partial charge is 0.416 e. The van der Waals surface area contributed by atoms with Crippen molar-refractivity contribution in [2.75, 3.05) is 55.7 Å². The number of rotatable bonds is 12. The van der Waals surface area contributed by atoms with Crippen LogP contribution in [-0.4, -0.2) is 77.8 Å². The highest BCUT2D eigenvalue weighted by atomic mass is 28.4. The molecule has 15 heteroatoms. The summed E-state index contributed by atoms with van der Waals surface area (Å²) >= 11 is 0. The second-order valence-electron chi connectivity index (χ2n) is 16.9. The summed E-state index contributed by atoms with van der Waals surface area (Å²) in [6.07, 6.45) is 0.705. The van der Waals surface area contributed by atoms with E-state index in [1.54, 1.807) is 18.5 Å². The first-order valence-electron chi connectivity index (χ1n) is 20.6. The Balaban J connectivity index is 0.883. The molecule has 0 radical (unpaired) electrons. The first kappa shape index (κ1) is 42.1. The monoisotopic (exact) mass is 850 g/mol. The molecule has 4 aromatic carbocycles. The second kappa shape index (κ2) is 17.0. The number of alkyl halides is 3. The Labute approximate surface area is 353 Å². The molecule has 318 valence electrons. The SMILES string of the molecule is CC(C)(C)[Si](OCCN1CCN(Cc2ccc(NC(=O)Nc3ccc(-c4nc(C5CC5)n5ccnc(N)c45)cc3F)cc2C(F)(F)F)CC1)(c1ccccc1)c1ccccc1. The van der Waals surface area contributed by atoms with Crippen LogP contribution in [0.4, 0.5) is 39.5 Å². The van der Waals surface area contributed by atoms with Gasteiger partial charge in [0, 0.05) is 75.4 Å². The molecule has 2 aromatic heterocycles. The zero-order valence-electron chi connectivity index (χ0n) is 34.5. The molecule has 10 nitrogen and oxygen atoms in total. The summed E-state index contributed by atoms with van der Waals surface area (Å²) in [6.45, 7) is 10.6. The minimum atomic E-state index is -4.67. The van der Waals surface area contributed by atoms with Crippen LogP contribution in [0, 0.1) is 5.82 Å². The highest BCUT2D eigenvalue weighted by Gasteiger charge is 2.50. The van der Waals surface area contributed by atoms with E-state index in [2.05, 4.69) is 89.8 Å². The van der Waals surface area contributed by atoms with E-state index in [0.717, 1.165) is 24.7 Å². The Bertz CT molecular complexity index is 2460. The molecule has 4 N–H and O–H groups in total. The fraction of sp³-hybridized carbons (Fsp3) is 0.326. The lowest BCUT2D eigenvalue weighted by molar-refractivity contribution is -0.138. The van der Waals surface area contributed by atoms with Crippen LogP contribution in [0.1, 0.15) is 56.5 Å². The first-order valence-corrected chi connectivity index (χ1v) is 22.5. The number of nitrogen functional groups attached to an aromatic ring is 1. The Kier molecular flexibility index (Phi) is 11.8. The fourth-order valence-corrected chi connectivity index (χ4v) is 13.1. The number of hydrogen-bond donors (Lipinski definition) is 3. The summed E-state index contributed by atoms with van der Waals surface area (Å²) in [4.78, 5) is 26.2. The Morgan fingerprint density at radius 1 is 0.869 bits per heavy atom. The number of amides is 2. The number of carbonyl (C=O) groups excluding carboxylic acids is 1. The van der Waals surface area contributed by atoms with Crippen LogP contribution in [0.15, 0.2) is 109 Å². The molecule has 0 atom stereocenters. The van der Waals surface area contributed by atoms with Crippen LogP contribution >= 0.6 is 0 Å². The molecule has 2 amide bonds. The van der Waals surface area contributed by atoms with Gasteiger partial charge >= 0.3 is 12.2 Å². The molecule has 2 aliphatic rings. The van der Waals surface area contributed by atoms with Gasteiger partial charge in [0.2, 0.25) is 0 Å². The zero-order valence-corrected chi connectivity index (χ0v) is 35.5. The number of anilines is 3. The number of nitrogens with two attached hydrogens (primary N) is 1. The van der Waals surface area contributed by atoms with E-state index in [1.807, 2.05) is 21.4 Å². The summed E-state index contributed by atoms with van der Waals surface area (Å²) in [5.74, 6) is 0.633. The number of imidazole rings is 1. The molecule has 6 aromatic rings.